The molecule has 2 N–H and O–H groups in total. The zero-order valence-electron chi connectivity index (χ0n) is 8.86. The Morgan fingerprint density at radius 3 is 2.13 bits per heavy atom. The number of rotatable bonds is 5. The predicted molar refractivity (Wildman–Crippen MR) is 56.4 cm³/mol. The van der Waals surface area contributed by atoms with Gasteiger partial charge in [-0.05, 0) is 12.8 Å². The van der Waals surface area contributed by atoms with Crippen LogP contribution in [0.1, 0.15) is 20.8 Å². The number of carbonyl (C=O) groups is 2. The molecule has 0 aliphatic rings. The summed E-state index contributed by atoms with van der Waals surface area (Å²) < 4.78 is 4.56. The van der Waals surface area contributed by atoms with Gasteiger partial charge in [-0.2, -0.15) is 0 Å². The summed E-state index contributed by atoms with van der Waals surface area (Å²) in [5.41, 5.74) is 0. The third kappa shape index (κ3) is 4.27. The van der Waals surface area contributed by atoms with Crippen molar-refractivity contribution in [3.05, 3.63) is 0 Å². The van der Waals surface area contributed by atoms with E-state index < -0.39 is 22.4 Å². The molecule has 1 atom stereocenters. The molecule has 0 aliphatic heterocycles. The second-order valence-corrected chi connectivity index (χ2v) is 5.02. The van der Waals surface area contributed by atoms with Crippen molar-refractivity contribution in [2.24, 2.45) is 5.92 Å². The molecule has 1 unspecified atom stereocenters. The number of aliphatic hydroxyl groups is 2. The molecular weight excluding hydrogens is 268 g/mol. The highest BCUT2D eigenvalue weighted by molar-refractivity contribution is 9.10. The second kappa shape index (κ2) is 5.58. The van der Waals surface area contributed by atoms with Gasteiger partial charge in [-0.15, -0.1) is 0 Å². The fourth-order valence-corrected chi connectivity index (χ4v) is 1.04. The number of esters is 1. The Hall–Kier alpha value is -0.460. The van der Waals surface area contributed by atoms with Crippen LogP contribution in [0.25, 0.3) is 0 Å². The Balaban J connectivity index is 4.45. The third-order valence-electron chi connectivity index (χ3n) is 1.54. The zero-order valence-corrected chi connectivity index (χ0v) is 10.4. The molecule has 0 aromatic rings. The summed E-state index contributed by atoms with van der Waals surface area (Å²) in [6.07, 6.45) is 0. The van der Waals surface area contributed by atoms with Crippen LogP contribution in [0.4, 0.5) is 0 Å². The molecule has 0 saturated carbocycles. The van der Waals surface area contributed by atoms with E-state index in [1.54, 1.807) is 13.8 Å². The van der Waals surface area contributed by atoms with Crippen molar-refractivity contribution in [1.82, 2.24) is 0 Å². The number of hydrogen-bond donors (Lipinski definition) is 2. The molecule has 0 aromatic heterocycles. The minimum atomic E-state index is -3.07. The monoisotopic (exact) mass is 282 g/mol. The molecule has 15 heavy (non-hydrogen) atoms. The van der Waals surface area contributed by atoms with E-state index in [0.717, 1.165) is 0 Å². The molecule has 0 amide bonds. The summed E-state index contributed by atoms with van der Waals surface area (Å²) in [7, 11) is 0. The maximum atomic E-state index is 11.2. The molecule has 0 bridgehead atoms. The largest absolute Gasteiger partial charge is 0.461 e. The number of ether oxygens (including phenoxy) is 1. The Morgan fingerprint density at radius 2 is 1.80 bits per heavy atom. The van der Waals surface area contributed by atoms with Gasteiger partial charge >= 0.3 is 11.8 Å². The Bertz CT molecular complexity index is 247. The fraction of sp³-hybridized carbons (Fsp3) is 0.778. The van der Waals surface area contributed by atoms with E-state index >= 15 is 0 Å². The summed E-state index contributed by atoms with van der Waals surface area (Å²) in [4.78, 5) is 21.5. The second-order valence-electron chi connectivity index (χ2n) is 3.64. The highest BCUT2D eigenvalue weighted by Gasteiger charge is 2.45. The first-order valence-corrected chi connectivity index (χ1v) is 5.41. The zero-order chi connectivity index (χ0) is 12.2. The number of carbonyl (C=O) groups excluding carboxylic acids is 2. The van der Waals surface area contributed by atoms with Crippen LogP contribution in [0.3, 0.4) is 0 Å². The lowest BCUT2D eigenvalue weighted by molar-refractivity contribution is -0.209. The van der Waals surface area contributed by atoms with Crippen LogP contribution in [-0.4, -0.2) is 39.2 Å². The Labute approximate surface area is 96.6 Å². The smallest absolute Gasteiger partial charge is 0.374 e. The van der Waals surface area contributed by atoms with E-state index in [1.807, 2.05) is 0 Å². The van der Waals surface area contributed by atoms with Gasteiger partial charge in [0.25, 0.3) is 0 Å². The van der Waals surface area contributed by atoms with Crippen molar-refractivity contribution in [3.8, 4) is 0 Å². The standard InChI is InChI=1S/C9H15BrO5/c1-5(2)4-15-8(12)9(13,14)7(11)6(3)10/h5-6,13-14H,4H2,1-3H3. The first-order chi connectivity index (χ1) is 6.69. The molecule has 0 radical (unpaired) electrons. The molecular formula is C9H15BrO5. The van der Waals surface area contributed by atoms with E-state index in [2.05, 4.69) is 20.7 Å². The maximum Gasteiger partial charge on any atom is 0.374 e. The van der Waals surface area contributed by atoms with Gasteiger partial charge in [0, 0.05) is 0 Å². The molecule has 0 heterocycles. The Kier molecular flexibility index (Phi) is 5.41. The van der Waals surface area contributed by atoms with Crippen molar-refractivity contribution in [1.29, 1.82) is 0 Å². The average Bonchev–Trinajstić information content (AvgIpc) is 2.12. The molecule has 0 spiro atoms. The van der Waals surface area contributed by atoms with E-state index in [9.17, 15) is 19.8 Å². The van der Waals surface area contributed by atoms with Gasteiger partial charge in [-0.25, -0.2) is 4.79 Å². The lowest BCUT2D eigenvalue weighted by Crippen LogP contribution is -2.50. The summed E-state index contributed by atoms with van der Waals surface area (Å²) in [5.74, 6) is -5.40. The lowest BCUT2D eigenvalue weighted by Gasteiger charge is -2.20. The maximum absolute atomic E-state index is 11.2. The number of ketones is 1. The number of alkyl halides is 1. The predicted octanol–water partition coefficient (Wildman–Crippen LogP) is 0.219. The average molecular weight is 283 g/mol. The van der Waals surface area contributed by atoms with Gasteiger partial charge in [0.15, 0.2) is 0 Å². The molecule has 0 aliphatic carbocycles. The third-order valence-corrected chi connectivity index (χ3v) is 1.95. The van der Waals surface area contributed by atoms with Gasteiger partial charge in [0.1, 0.15) is 0 Å². The van der Waals surface area contributed by atoms with Crippen LogP contribution in [0.2, 0.25) is 0 Å². The minimum Gasteiger partial charge on any atom is -0.461 e. The van der Waals surface area contributed by atoms with Gasteiger partial charge in [-0.1, -0.05) is 29.8 Å². The summed E-state index contributed by atoms with van der Waals surface area (Å²) in [6.45, 7) is 5.00. The summed E-state index contributed by atoms with van der Waals surface area (Å²) in [5, 5.41) is 18.5. The van der Waals surface area contributed by atoms with Crippen molar-refractivity contribution in [2.75, 3.05) is 6.61 Å². The van der Waals surface area contributed by atoms with Crippen LogP contribution in [0.5, 0.6) is 0 Å². The van der Waals surface area contributed by atoms with Crippen LogP contribution in [0, 0.1) is 5.92 Å². The van der Waals surface area contributed by atoms with Crippen LogP contribution in [-0.2, 0) is 14.3 Å². The van der Waals surface area contributed by atoms with E-state index in [0.29, 0.717) is 0 Å². The van der Waals surface area contributed by atoms with E-state index in [4.69, 9.17) is 0 Å². The Morgan fingerprint density at radius 1 is 1.33 bits per heavy atom. The van der Waals surface area contributed by atoms with Crippen molar-refractivity contribution >= 4 is 27.7 Å². The van der Waals surface area contributed by atoms with Crippen molar-refractivity contribution < 1.29 is 24.5 Å². The number of hydrogen-bond acceptors (Lipinski definition) is 5. The topological polar surface area (TPSA) is 83.8 Å². The highest BCUT2D eigenvalue weighted by atomic mass is 79.9. The first kappa shape index (κ1) is 14.5. The highest BCUT2D eigenvalue weighted by Crippen LogP contribution is 2.13. The van der Waals surface area contributed by atoms with Crippen molar-refractivity contribution in [3.63, 3.8) is 0 Å². The van der Waals surface area contributed by atoms with Crippen LogP contribution < -0.4 is 0 Å². The molecule has 0 rings (SSSR count). The van der Waals surface area contributed by atoms with Gasteiger partial charge in [-0.3, -0.25) is 4.79 Å². The molecule has 88 valence electrons. The minimum absolute atomic E-state index is 0.0334. The fourth-order valence-electron chi connectivity index (χ4n) is 0.721. The van der Waals surface area contributed by atoms with Gasteiger partial charge < -0.3 is 14.9 Å². The molecule has 0 saturated heterocycles. The molecule has 0 aromatic carbocycles. The normalized spacial score (nSPS) is 13.8. The number of Topliss-reactive ketones (excluding diaryl/α,β-unsaturated/α-hetero) is 1. The lowest BCUT2D eigenvalue weighted by atomic mass is 10.1. The van der Waals surface area contributed by atoms with Gasteiger partial charge in [0.2, 0.25) is 5.78 Å². The number of halogens is 1. The first-order valence-electron chi connectivity index (χ1n) is 4.50. The van der Waals surface area contributed by atoms with E-state index in [1.165, 1.54) is 6.92 Å². The quantitative estimate of drug-likeness (QED) is 0.326. The van der Waals surface area contributed by atoms with E-state index in [-0.39, 0.29) is 12.5 Å². The molecule has 6 heteroatoms. The summed E-state index contributed by atoms with van der Waals surface area (Å²) >= 11 is 2.85. The van der Waals surface area contributed by atoms with Crippen molar-refractivity contribution in [2.45, 2.75) is 31.4 Å². The summed E-state index contributed by atoms with van der Waals surface area (Å²) in [6, 6.07) is 0. The SMILES string of the molecule is CC(C)COC(=O)C(O)(O)C(=O)C(C)Br. The van der Waals surface area contributed by atoms with Crippen LogP contribution in [0.15, 0.2) is 0 Å². The van der Waals surface area contributed by atoms with Crippen LogP contribution >= 0.6 is 15.9 Å². The van der Waals surface area contributed by atoms with Gasteiger partial charge in [0.05, 0.1) is 11.4 Å². The molecule has 0 fully saturated rings. The molecule has 5 nitrogen and oxygen atoms in total.